The largest absolute Gasteiger partial charge is 0.394 e. The van der Waals surface area contributed by atoms with Gasteiger partial charge in [0.1, 0.15) is 0 Å². The van der Waals surface area contributed by atoms with Gasteiger partial charge in [0, 0.05) is 22.0 Å². The van der Waals surface area contributed by atoms with E-state index < -0.39 is 0 Å². The minimum Gasteiger partial charge on any atom is -0.394 e. The predicted molar refractivity (Wildman–Crippen MR) is 105 cm³/mol. The van der Waals surface area contributed by atoms with Crippen LogP contribution < -0.4 is 0 Å². The highest BCUT2D eigenvalue weighted by Crippen LogP contribution is 2.29. The molecule has 0 amide bonds. The Morgan fingerprint density at radius 2 is 1.92 bits per heavy atom. The van der Waals surface area contributed by atoms with Gasteiger partial charge in [0.05, 0.1) is 19.8 Å². The summed E-state index contributed by atoms with van der Waals surface area (Å²) >= 11 is 7.59. The summed E-state index contributed by atoms with van der Waals surface area (Å²) in [7, 11) is 0. The maximum Gasteiger partial charge on any atom is 0.196 e. The Morgan fingerprint density at radius 3 is 2.65 bits per heavy atom. The van der Waals surface area contributed by atoms with Crippen LogP contribution in [0.4, 0.5) is 0 Å². The van der Waals surface area contributed by atoms with Gasteiger partial charge in [-0.1, -0.05) is 35.5 Å². The number of hydrogen-bond acceptors (Lipinski definition) is 5. The van der Waals surface area contributed by atoms with Crippen LogP contribution in [0.2, 0.25) is 5.02 Å². The van der Waals surface area contributed by atoms with Crippen molar-refractivity contribution >= 4 is 23.4 Å². The van der Waals surface area contributed by atoms with Gasteiger partial charge in [0.25, 0.3) is 0 Å². The number of thioether (sulfide) groups is 1. The van der Waals surface area contributed by atoms with Gasteiger partial charge in [0.2, 0.25) is 0 Å². The molecule has 7 heteroatoms. The van der Waals surface area contributed by atoms with E-state index >= 15 is 0 Å². The van der Waals surface area contributed by atoms with Crippen molar-refractivity contribution in [2.75, 3.05) is 25.6 Å². The number of nitrogens with zero attached hydrogens (tertiary/aromatic N) is 3. The highest BCUT2D eigenvalue weighted by Gasteiger charge is 2.16. The molecule has 0 fully saturated rings. The first-order valence-corrected chi connectivity index (χ1v) is 9.65. The first kappa shape index (κ1) is 18.9. The lowest BCUT2D eigenvalue weighted by atomic mass is 10.2. The quantitative estimate of drug-likeness (QED) is 0.466. The lowest BCUT2D eigenvalue weighted by Gasteiger charge is -2.11. The van der Waals surface area contributed by atoms with E-state index in [4.69, 9.17) is 21.4 Å². The number of aryl methyl sites for hydroxylation is 1. The van der Waals surface area contributed by atoms with E-state index in [0.717, 1.165) is 28.0 Å². The number of aliphatic hydroxyl groups is 1. The van der Waals surface area contributed by atoms with Crippen LogP contribution in [0.15, 0.2) is 53.7 Å². The Hall–Kier alpha value is -1.86. The van der Waals surface area contributed by atoms with Gasteiger partial charge in [-0.2, -0.15) is 0 Å². The first-order valence-electron chi connectivity index (χ1n) is 8.29. The zero-order valence-corrected chi connectivity index (χ0v) is 16.0. The fourth-order valence-corrected chi connectivity index (χ4v) is 3.44. The van der Waals surface area contributed by atoms with Crippen LogP contribution in [0.3, 0.4) is 0 Å². The van der Waals surface area contributed by atoms with Crippen molar-refractivity contribution in [3.63, 3.8) is 0 Å². The molecule has 0 atom stereocenters. The van der Waals surface area contributed by atoms with Crippen molar-refractivity contribution in [3.05, 3.63) is 59.1 Å². The molecule has 26 heavy (non-hydrogen) atoms. The topological polar surface area (TPSA) is 60.2 Å². The van der Waals surface area contributed by atoms with Gasteiger partial charge in [0.15, 0.2) is 11.0 Å². The molecule has 0 bridgehead atoms. The monoisotopic (exact) mass is 389 g/mol. The van der Waals surface area contributed by atoms with Crippen molar-refractivity contribution in [1.29, 1.82) is 0 Å². The van der Waals surface area contributed by atoms with Gasteiger partial charge < -0.3 is 9.84 Å². The second-order valence-electron chi connectivity index (χ2n) is 5.67. The summed E-state index contributed by atoms with van der Waals surface area (Å²) in [5.74, 6) is 1.50. The fourth-order valence-electron chi connectivity index (χ4n) is 2.51. The molecule has 0 aliphatic heterocycles. The zero-order chi connectivity index (χ0) is 18.4. The fraction of sp³-hybridized carbons (Fsp3) is 0.263. The maximum atomic E-state index is 8.78. The number of benzene rings is 2. The number of aromatic nitrogens is 3. The summed E-state index contributed by atoms with van der Waals surface area (Å²) in [5.41, 5.74) is 3.13. The van der Waals surface area contributed by atoms with Crippen molar-refractivity contribution in [3.8, 4) is 17.1 Å². The van der Waals surface area contributed by atoms with Crippen molar-refractivity contribution in [1.82, 2.24) is 14.8 Å². The van der Waals surface area contributed by atoms with E-state index in [1.54, 1.807) is 11.8 Å². The van der Waals surface area contributed by atoms with E-state index in [0.29, 0.717) is 18.2 Å². The third-order valence-corrected chi connectivity index (χ3v) is 4.84. The molecule has 0 saturated heterocycles. The Morgan fingerprint density at radius 1 is 1.12 bits per heavy atom. The molecular formula is C19H20ClN3O2S. The van der Waals surface area contributed by atoms with Gasteiger partial charge in [-0.15, -0.1) is 10.2 Å². The van der Waals surface area contributed by atoms with E-state index in [2.05, 4.69) is 29.3 Å². The molecule has 1 aromatic heterocycles. The number of hydrogen-bond donors (Lipinski definition) is 1. The summed E-state index contributed by atoms with van der Waals surface area (Å²) in [6.07, 6.45) is 0. The van der Waals surface area contributed by atoms with Crippen LogP contribution in [0.25, 0.3) is 17.1 Å². The molecule has 1 N–H and O–H groups in total. The van der Waals surface area contributed by atoms with E-state index in [1.807, 2.05) is 41.0 Å². The Kier molecular flexibility index (Phi) is 6.68. The highest BCUT2D eigenvalue weighted by atomic mass is 35.5. The summed E-state index contributed by atoms with van der Waals surface area (Å²) in [5, 5.41) is 19.1. The standard InChI is InChI=1S/C19H20ClN3O2S/c1-14-3-2-4-17(13-14)23-18(15-5-7-16(20)8-6-15)21-22-19(23)26-12-11-25-10-9-24/h2-8,13,24H,9-12H2,1H3. The van der Waals surface area contributed by atoms with Crippen LogP contribution in [-0.4, -0.2) is 45.4 Å². The normalized spacial score (nSPS) is 11.0. The maximum absolute atomic E-state index is 8.78. The zero-order valence-electron chi connectivity index (χ0n) is 14.4. The van der Waals surface area contributed by atoms with Crippen molar-refractivity contribution in [2.24, 2.45) is 0 Å². The van der Waals surface area contributed by atoms with Gasteiger partial charge in [-0.05, 0) is 48.9 Å². The number of rotatable bonds is 8. The molecule has 0 aliphatic carbocycles. The first-order chi connectivity index (χ1) is 12.7. The molecule has 3 rings (SSSR count). The Bertz CT molecular complexity index is 852. The van der Waals surface area contributed by atoms with Gasteiger partial charge >= 0.3 is 0 Å². The number of aliphatic hydroxyl groups excluding tert-OH is 1. The molecule has 0 radical (unpaired) electrons. The van der Waals surface area contributed by atoms with Crippen LogP contribution in [0.1, 0.15) is 5.56 Å². The molecule has 3 aromatic rings. The van der Waals surface area contributed by atoms with Crippen LogP contribution >= 0.6 is 23.4 Å². The smallest absolute Gasteiger partial charge is 0.196 e. The molecule has 0 spiro atoms. The molecule has 0 unspecified atom stereocenters. The average Bonchev–Trinajstić information content (AvgIpc) is 3.06. The second-order valence-corrected chi connectivity index (χ2v) is 7.17. The highest BCUT2D eigenvalue weighted by molar-refractivity contribution is 7.99. The van der Waals surface area contributed by atoms with Gasteiger partial charge in [-0.3, -0.25) is 4.57 Å². The average molecular weight is 390 g/mol. The molecule has 136 valence electrons. The summed E-state index contributed by atoms with van der Waals surface area (Å²) in [4.78, 5) is 0. The molecule has 0 aliphatic rings. The van der Waals surface area contributed by atoms with E-state index in [-0.39, 0.29) is 6.61 Å². The predicted octanol–water partition coefficient (Wildman–Crippen LogP) is 4.00. The molecule has 0 saturated carbocycles. The van der Waals surface area contributed by atoms with Crippen LogP contribution in [0.5, 0.6) is 0 Å². The Balaban J connectivity index is 1.93. The number of ether oxygens (including phenoxy) is 1. The van der Waals surface area contributed by atoms with E-state index in [9.17, 15) is 0 Å². The minimum absolute atomic E-state index is 0.0326. The summed E-state index contributed by atoms with van der Waals surface area (Å²) in [6, 6.07) is 15.8. The third kappa shape index (κ3) is 4.65. The lowest BCUT2D eigenvalue weighted by molar-refractivity contribution is 0.103. The summed E-state index contributed by atoms with van der Waals surface area (Å²) in [6.45, 7) is 2.99. The molecule has 2 aromatic carbocycles. The van der Waals surface area contributed by atoms with Crippen LogP contribution in [-0.2, 0) is 4.74 Å². The van der Waals surface area contributed by atoms with E-state index in [1.165, 1.54) is 5.56 Å². The third-order valence-electron chi connectivity index (χ3n) is 3.69. The molecular weight excluding hydrogens is 370 g/mol. The number of halogens is 1. The lowest BCUT2D eigenvalue weighted by Crippen LogP contribution is -2.04. The van der Waals surface area contributed by atoms with Crippen molar-refractivity contribution < 1.29 is 9.84 Å². The van der Waals surface area contributed by atoms with Crippen LogP contribution in [0, 0.1) is 6.92 Å². The summed E-state index contributed by atoms with van der Waals surface area (Å²) < 4.78 is 7.38. The minimum atomic E-state index is 0.0326. The Labute approximate surface area is 162 Å². The molecule has 5 nitrogen and oxygen atoms in total. The molecule has 1 heterocycles. The van der Waals surface area contributed by atoms with Gasteiger partial charge in [-0.25, -0.2) is 0 Å². The SMILES string of the molecule is Cc1cccc(-n2c(SCCOCCO)nnc2-c2ccc(Cl)cc2)c1. The van der Waals surface area contributed by atoms with Crippen molar-refractivity contribution in [2.45, 2.75) is 12.1 Å². The second kappa shape index (κ2) is 9.19.